The van der Waals surface area contributed by atoms with Gasteiger partial charge in [0, 0.05) is 21.3 Å². The summed E-state index contributed by atoms with van der Waals surface area (Å²) in [4.78, 5) is 0. The second-order valence-electron chi connectivity index (χ2n) is 3.36. The average molecular weight is 306 g/mol. The molecule has 1 aliphatic rings. The van der Waals surface area contributed by atoms with Gasteiger partial charge >= 0.3 is 26.4 Å². The van der Waals surface area contributed by atoms with Crippen LogP contribution >= 0.6 is 0 Å². The molecule has 0 aromatic rings. The van der Waals surface area contributed by atoms with Crippen molar-refractivity contribution in [1.82, 2.24) is 0 Å². The SMILES string of the molecule is C=C[Si]1(C=C)O[Si](C=C)(OC)O[Si](OC)(OC)O1. The van der Waals surface area contributed by atoms with Crippen LogP contribution in [0.25, 0.3) is 0 Å². The van der Waals surface area contributed by atoms with Crippen molar-refractivity contribution in [3.05, 3.63) is 36.8 Å². The molecule has 9 heteroatoms. The summed E-state index contributed by atoms with van der Waals surface area (Å²) >= 11 is 0. The van der Waals surface area contributed by atoms with Crippen LogP contribution in [0.5, 0.6) is 0 Å². The highest BCUT2D eigenvalue weighted by atomic mass is 28.5. The highest BCUT2D eigenvalue weighted by Crippen LogP contribution is 2.33. The normalized spacial score (nSPS) is 29.5. The molecule has 6 nitrogen and oxygen atoms in total. The van der Waals surface area contributed by atoms with Gasteiger partial charge < -0.3 is 25.6 Å². The topological polar surface area (TPSA) is 55.4 Å². The van der Waals surface area contributed by atoms with Crippen LogP contribution in [0.3, 0.4) is 0 Å². The molecule has 0 radical (unpaired) electrons. The predicted molar refractivity (Wildman–Crippen MR) is 72.1 cm³/mol. The number of hydrogen-bond donors (Lipinski definition) is 0. The monoisotopic (exact) mass is 306 g/mol. The van der Waals surface area contributed by atoms with E-state index in [1.165, 1.54) is 27.0 Å². The first-order valence-electron chi connectivity index (χ1n) is 5.15. The lowest BCUT2D eigenvalue weighted by Gasteiger charge is -2.45. The molecule has 1 saturated heterocycles. The zero-order valence-corrected chi connectivity index (χ0v) is 13.8. The molecule has 0 aromatic carbocycles. The van der Waals surface area contributed by atoms with Crippen molar-refractivity contribution >= 4 is 26.4 Å². The quantitative estimate of drug-likeness (QED) is 0.682. The second-order valence-corrected chi connectivity index (χ2v) is 11.9. The summed E-state index contributed by atoms with van der Waals surface area (Å²) < 4.78 is 33.3. The van der Waals surface area contributed by atoms with Crippen molar-refractivity contribution < 1.29 is 25.6 Å². The van der Waals surface area contributed by atoms with Crippen LogP contribution in [0.4, 0.5) is 0 Å². The van der Waals surface area contributed by atoms with Crippen molar-refractivity contribution in [2.75, 3.05) is 21.3 Å². The third-order valence-electron chi connectivity index (χ3n) is 2.46. The first kappa shape index (κ1) is 15.7. The molecule has 1 atom stereocenters. The maximum atomic E-state index is 5.85. The lowest BCUT2D eigenvalue weighted by atomic mass is 11.2. The van der Waals surface area contributed by atoms with E-state index >= 15 is 0 Å². The van der Waals surface area contributed by atoms with Crippen molar-refractivity contribution in [2.24, 2.45) is 0 Å². The Labute approximate surface area is 111 Å². The summed E-state index contributed by atoms with van der Waals surface area (Å²) in [6, 6.07) is 0. The largest absolute Gasteiger partial charge is 0.663 e. The van der Waals surface area contributed by atoms with Crippen LogP contribution in [0.1, 0.15) is 0 Å². The van der Waals surface area contributed by atoms with E-state index in [0.717, 1.165) is 0 Å². The predicted octanol–water partition coefficient (Wildman–Crippen LogP) is 0.981. The zero-order valence-electron chi connectivity index (χ0n) is 10.8. The minimum atomic E-state index is -3.33. The molecule has 18 heavy (non-hydrogen) atoms. The molecular weight excluding hydrogens is 288 g/mol. The molecule has 0 aliphatic carbocycles. The van der Waals surface area contributed by atoms with Crippen LogP contribution in [0.15, 0.2) is 36.8 Å². The summed E-state index contributed by atoms with van der Waals surface area (Å²) in [6.45, 7) is 11.1. The first-order valence-corrected chi connectivity index (χ1v) is 10.6. The van der Waals surface area contributed by atoms with E-state index in [1.54, 1.807) is 11.4 Å². The van der Waals surface area contributed by atoms with Crippen LogP contribution in [-0.2, 0) is 25.6 Å². The maximum absolute atomic E-state index is 5.85. The molecule has 102 valence electrons. The molecule has 1 aliphatic heterocycles. The van der Waals surface area contributed by atoms with Gasteiger partial charge in [-0.15, -0.1) is 13.2 Å². The van der Waals surface area contributed by atoms with Gasteiger partial charge in [0.1, 0.15) is 0 Å². The van der Waals surface area contributed by atoms with Crippen molar-refractivity contribution in [2.45, 2.75) is 0 Å². The Morgan fingerprint density at radius 1 is 0.778 bits per heavy atom. The van der Waals surface area contributed by atoms with Gasteiger partial charge in [-0.1, -0.05) is 6.58 Å². The van der Waals surface area contributed by atoms with Crippen LogP contribution in [-0.4, -0.2) is 47.7 Å². The fourth-order valence-electron chi connectivity index (χ4n) is 1.40. The van der Waals surface area contributed by atoms with E-state index in [1.807, 2.05) is 0 Å². The second kappa shape index (κ2) is 5.73. The van der Waals surface area contributed by atoms with Crippen molar-refractivity contribution in [3.8, 4) is 0 Å². The molecule has 1 heterocycles. The molecular formula is C9H18O6Si3. The molecule has 1 unspecified atom stereocenters. The lowest BCUT2D eigenvalue weighted by Crippen LogP contribution is -2.71. The first-order chi connectivity index (χ1) is 8.49. The summed E-state index contributed by atoms with van der Waals surface area (Å²) in [5, 5.41) is 0. The van der Waals surface area contributed by atoms with E-state index in [0.29, 0.717) is 0 Å². The third kappa shape index (κ3) is 2.64. The summed E-state index contributed by atoms with van der Waals surface area (Å²) in [5.74, 6) is 0. The summed E-state index contributed by atoms with van der Waals surface area (Å²) in [7, 11) is -4.97. The van der Waals surface area contributed by atoms with Crippen molar-refractivity contribution in [1.29, 1.82) is 0 Å². The lowest BCUT2D eigenvalue weighted by molar-refractivity contribution is 0.0175. The molecule has 0 aromatic heterocycles. The van der Waals surface area contributed by atoms with E-state index < -0.39 is 26.4 Å². The van der Waals surface area contributed by atoms with E-state index in [4.69, 9.17) is 25.6 Å². The van der Waals surface area contributed by atoms with E-state index in [2.05, 4.69) is 19.7 Å². The van der Waals surface area contributed by atoms with Gasteiger partial charge in [0.15, 0.2) is 0 Å². The van der Waals surface area contributed by atoms with Gasteiger partial charge in [-0.3, -0.25) is 0 Å². The minimum absolute atomic E-state index is 1.45. The Bertz CT molecular complexity index is 337. The van der Waals surface area contributed by atoms with E-state index in [9.17, 15) is 0 Å². The smallest absolute Gasteiger partial charge is 0.384 e. The van der Waals surface area contributed by atoms with Gasteiger partial charge in [-0.25, -0.2) is 0 Å². The van der Waals surface area contributed by atoms with Gasteiger partial charge in [0.2, 0.25) is 0 Å². The highest BCUT2D eigenvalue weighted by molar-refractivity contribution is 6.95. The zero-order chi connectivity index (χ0) is 13.9. The number of hydrogen-bond acceptors (Lipinski definition) is 6. The Balaban J connectivity index is 3.25. The number of rotatable bonds is 6. The Kier molecular flexibility index (Phi) is 4.99. The Hall–Kier alpha value is -0.369. The Morgan fingerprint density at radius 3 is 1.67 bits per heavy atom. The van der Waals surface area contributed by atoms with Gasteiger partial charge in [0.05, 0.1) is 0 Å². The molecule has 1 fully saturated rings. The fraction of sp³-hybridized carbons (Fsp3) is 0.333. The standard InChI is InChI=1S/C9H18O6Si3/c1-7-16(8-2)13-17(9-3,10-4)15-18(11-5,12-6)14-16/h7-9H,1-3H2,4-6H3. The molecule has 0 spiro atoms. The van der Waals surface area contributed by atoms with Crippen LogP contribution < -0.4 is 0 Å². The maximum Gasteiger partial charge on any atom is 0.663 e. The molecule has 0 amide bonds. The van der Waals surface area contributed by atoms with Crippen LogP contribution in [0, 0.1) is 0 Å². The van der Waals surface area contributed by atoms with Gasteiger partial charge in [-0.05, 0) is 17.1 Å². The minimum Gasteiger partial charge on any atom is -0.384 e. The Morgan fingerprint density at radius 2 is 1.33 bits per heavy atom. The average Bonchev–Trinajstić information content (AvgIpc) is 2.46. The van der Waals surface area contributed by atoms with Crippen LogP contribution in [0.2, 0.25) is 0 Å². The third-order valence-corrected chi connectivity index (χ3v) is 12.5. The molecule has 0 saturated carbocycles. The van der Waals surface area contributed by atoms with Gasteiger partial charge in [0.25, 0.3) is 0 Å². The summed E-state index contributed by atoms with van der Waals surface area (Å²) in [6.07, 6.45) is 0. The fourth-order valence-corrected chi connectivity index (χ4v) is 12.3. The molecule has 1 rings (SSSR count). The molecule has 0 bridgehead atoms. The van der Waals surface area contributed by atoms with E-state index in [-0.39, 0.29) is 0 Å². The van der Waals surface area contributed by atoms with Crippen molar-refractivity contribution in [3.63, 3.8) is 0 Å². The highest BCUT2D eigenvalue weighted by Gasteiger charge is 2.65. The van der Waals surface area contributed by atoms with Gasteiger partial charge in [-0.2, -0.15) is 0 Å². The summed E-state index contributed by atoms with van der Waals surface area (Å²) in [5.41, 5.74) is 4.66. The molecule has 0 N–H and O–H groups in total.